The topological polar surface area (TPSA) is 30.4 Å². The van der Waals surface area contributed by atoms with Crippen molar-refractivity contribution in [3.63, 3.8) is 0 Å². The number of nitrogen functional groups attached to an aromatic ring is 1. The van der Waals surface area contributed by atoms with Crippen LogP contribution in [0.25, 0.3) is 4.85 Å². The van der Waals surface area contributed by atoms with Gasteiger partial charge in [-0.25, -0.2) is 11.0 Å². The molecule has 0 atom stereocenters. The largest absolute Gasteiger partial charge is 0.399 e. The second-order valence-electron chi connectivity index (χ2n) is 2.21. The molecule has 0 heterocycles. The highest BCUT2D eigenvalue weighted by Crippen LogP contribution is 2.11. The van der Waals surface area contributed by atoms with Gasteiger partial charge in [0.05, 0.1) is 0 Å². The Labute approximate surface area is 64.3 Å². The third-order valence-electron chi connectivity index (χ3n) is 1.24. The summed E-state index contributed by atoms with van der Waals surface area (Å²) in [7, 11) is 0. The second kappa shape index (κ2) is 3.02. The van der Waals surface area contributed by atoms with E-state index in [1.165, 1.54) is 12.1 Å². The SMILES string of the molecule is [C-]#[N+]Cc1cc(N)cc(F)c1. The molecule has 2 nitrogen and oxygen atoms in total. The molecule has 1 aromatic rings. The normalized spacial score (nSPS) is 9.09. The zero-order valence-corrected chi connectivity index (χ0v) is 5.84. The summed E-state index contributed by atoms with van der Waals surface area (Å²) in [6, 6.07) is 4.14. The van der Waals surface area contributed by atoms with Gasteiger partial charge in [-0.3, -0.25) is 0 Å². The highest BCUT2D eigenvalue weighted by molar-refractivity contribution is 5.41. The molecule has 0 bridgehead atoms. The van der Waals surface area contributed by atoms with Crippen molar-refractivity contribution in [3.8, 4) is 0 Å². The van der Waals surface area contributed by atoms with Gasteiger partial charge in [-0.1, -0.05) is 0 Å². The van der Waals surface area contributed by atoms with Crippen LogP contribution in [0.4, 0.5) is 10.1 Å². The van der Waals surface area contributed by atoms with E-state index in [9.17, 15) is 4.39 Å². The molecule has 56 valence electrons. The van der Waals surface area contributed by atoms with Crippen molar-refractivity contribution in [2.75, 3.05) is 5.73 Å². The monoisotopic (exact) mass is 150 g/mol. The molecule has 11 heavy (non-hydrogen) atoms. The average Bonchev–Trinajstić information content (AvgIpc) is 1.85. The summed E-state index contributed by atoms with van der Waals surface area (Å²) >= 11 is 0. The maximum Gasteiger partial charge on any atom is 0.239 e. The molecule has 2 N–H and O–H groups in total. The van der Waals surface area contributed by atoms with Gasteiger partial charge in [-0.15, -0.1) is 0 Å². The summed E-state index contributed by atoms with van der Waals surface area (Å²) in [5.74, 6) is -0.386. The first-order chi connectivity index (χ1) is 5.22. The van der Waals surface area contributed by atoms with E-state index >= 15 is 0 Å². The smallest absolute Gasteiger partial charge is 0.239 e. The quantitative estimate of drug-likeness (QED) is 0.480. The van der Waals surface area contributed by atoms with Crippen molar-refractivity contribution in [2.45, 2.75) is 6.54 Å². The lowest BCUT2D eigenvalue weighted by Gasteiger charge is -1.95. The number of nitrogens with zero attached hydrogens (tertiary/aromatic N) is 1. The molecule has 0 unspecified atom stereocenters. The first kappa shape index (κ1) is 7.55. The van der Waals surface area contributed by atoms with Gasteiger partial charge in [0.1, 0.15) is 5.82 Å². The third-order valence-corrected chi connectivity index (χ3v) is 1.24. The third kappa shape index (κ3) is 1.94. The van der Waals surface area contributed by atoms with Gasteiger partial charge in [0, 0.05) is 11.3 Å². The van der Waals surface area contributed by atoms with Crippen molar-refractivity contribution in [2.24, 2.45) is 0 Å². The van der Waals surface area contributed by atoms with Crippen LogP contribution in [0.3, 0.4) is 0 Å². The molecule has 1 aromatic carbocycles. The van der Waals surface area contributed by atoms with E-state index in [4.69, 9.17) is 12.3 Å². The number of benzene rings is 1. The fourth-order valence-electron chi connectivity index (χ4n) is 0.858. The molecule has 1 rings (SSSR count). The van der Waals surface area contributed by atoms with Crippen LogP contribution < -0.4 is 5.73 Å². The van der Waals surface area contributed by atoms with E-state index in [-0.39, 0.29) is 12.4 Å². The number of anilines is 1. The average molecular weight is 150 g/mol. The molecular weight excluding hydrogens is 143 g/mol. The van der Waals surface area contributed by atoms with E-state index in [1.54, 1.807) is 6.07 Å². The van der Waals surface area contributed by atoms with Gasteiger partial charge in [0.25, 0.3) is 0 Å². The van der Waals surface area contributed by atoms with Crippen LogP contribution >= 0.6 is 0 Å². The Balaban J connectivity index is 3.01. The van der Waals surface area contributed by atoms with Crippen molar-refractivity contribution < 1.29 is 4.39 Å². The number of hydrogen-bond donors (Lipinski definition) is 1. The van der Waals surface area contributed by atoms with Gasteiger partial charge in [-0.05, 0) is 18.2 Å². The summed E-state index contributed by atoms with van der Waals surface area (Å²) < 4.78 is 12.6. The van der Waals surface area contributed by atoms with Crippen LogP contribution in [-0.2, 0) is 6.54 Å². The fraction of sp³-hybridized carbons (Fsp3) is 0.125. The minimum atomic E-state index is -0.386. The van der Waals surface area contributed by atoms with Crippen molar-refractivity contribution in [3.05, 3.63) is 41.0 Å². The Kier molecular flexibility index (Phi) is 2.07. The van der Waals surface area contributed by atoms with Crippen molar-refractivity contribution in [1.29, 1.82) is 0 Å². The van der Waals surface area contributed by atoms with Crippen molar-refractivity contribution >= 4 is 5.69 Å². The van der Waals surface area contributed by atoms with E-state index in [0.717, 1.165) is 0 Å². The summed E-state index contributed by atoms with van der Waals surface area (Å²) in [5, 5.41) is 0. The molecule has 0 saturated heterocycles. The molecule has 3 heteroatoms. The lowest BCUT2D eigenvalue weighted by atomic mass is 10.2. The molecular formula is C8H7FN2. The number of halogens is 1. The molecule has 0 saturated carbocycles. The predicted octanol–water partition coefficient (Wildman–Crippen LogP) is 1.83. The molecule has 0 radical (unpaired) electrons. The zero-order valence-electron chi connectivity index (χ0n) is 5.84. The Bertz CT molecular complexity index is 281. The van der Waals surface area contributed by atoms with E-state index in [1.807, 2.05) is 0 Å². The van der Waals surface area contributed by atoms with Gasteiger partial charge in [-0.2, -0.15) is 0 Å². The van der Waals surface area contributed by atoms with Crippen molar-refractivity contribution in [1.82, 2.24) is 0 Å². The fourth-order valence-corrected chi connectivity index (χ4v) is 0.858. The lowest BCUT2D eigenvalue weighted by molar-refractivity contribution is 0.627. The summed E-state index contributed by atoms with van der Waals surface area (Å²) in [6.45, 7) is 6.73. The molecule has 0 aliphatic rings. The second-order valence-corrected chi connectivity index (χ2v) is 2.21. The van der Waals surface area contributed by atoms with Crippen LogP contribution in [0.1, 0.15) is 5.56 Å². The van der Waals surface area contributed by atoms with Gasteiger partial charge in [0.15, 0.2) is 0 Å². The summed E-state index contributed by atoms with van der Waals surface area (Å²) in [6.07, 6.45) is 0. The molecule has 0 spiro atoms. The molecule has 0 fully saturated rings. The van der Waals surface area contributed by atoms with E-state index < -0.39 is 0 Å². The van der Waals surface area contributed by atoms with E-state index in [2.05, 4.69) is 4.85 Å². The van der Waals surface area contributed by atoms with Gasteiger partial charge in [0.2, 0.25) is 6.54 Å². The Morgan fingerprint density at radius 2 is 2.18 bits per heavy atom. The van der Waals surface area contributed by atoms with Crippen LogP contribution in [0.5, 0.6) is 0 Å². The Morgan fingerprint density at radius 3 is 2.73 bits per heavy atom. The molecule has 0 aromatic heterocycles. The minimum absolute atomic E-state index is 0.182. The van der Waals surface area contributed by atoms with Crippen LogP contribution in [-0.4, -0.2) is 0 Å². The predicted molar refractivity (Wildman–Crippen MR) is 41.1 cm³/mol. The van der Waals surface area contributed by atoms with E-state index in [0.29, 0.717) is 11.3 Å². The number of hydrogen-bond acceptors (Lipinski definition) is 1. The van der Waals surface area contributed by atoms with Crippen LogP contribution in [0, 0.1) is 12.4 Å². The molecule has 0 amide bonds. The first-order valence-electron chi connectivity index (χ1n) is 3.10. The summed E-state index contributed by atoms with van der Waals surface area (Å²) in [4.78, 5) is 3.12. The highest BCUT2D eigenvalue weighted by atomic mass is 19.1. The van der Waals surface area contributed by atoms with Gasteiger partial charge < -0.3 is 10.6 Å². The highest BCUT2D eigenvalue weighted by Gasteiger charge is 1.99. The molecule has 0 aliphatic carbocycles. The van der Waals surface area contributed by atoms with Gasteiger partial charge >= 0.3 is 0 Å². The molecule has 0 aliphatic heterocycles. The minimum Gasteiger partial charge on any atom is -0.399 e. The number of rotatable bonds is 1. The Hall–Kier alpha value is -1.56. The van der Waals surface area contributed by atoms with Crippen LogP contribution in [0.2, 0.25) is 0 Å². The standard InChI is InChI=1S/C8H7FN2/c1-11-5-6-2-7(9)4-8(10)3-6/h2-4H,5,10H2. The van der Waals surface area contributed by atoms with Crippen LogP contribution in [0.15, 0.2) is 18.2 Å². The summed E-state index contributed by atoms with van der Waals surface area (Å²) in [5.41, 5.74) is 6.33. The zero-order chi connectivity index (χ0) is 8.27. The first-order valence-corrected chi connectivity index (χ1v) is 3.10. The Morgan fingerprint density at radius 1 is 1.45 bits per heavy atom. The number of nitrogens with two attached hydrogens (primary N) is 1. The lowest BCUT2D eigenvalue weighted by Crippen LogP contribution is -1.89. The maximum atomic E-state index is 12.6. The maximum absolute atomic E-state index is 12.6.